The van der Waals surface area contributed by atoms with Crippen molar-refractivity contribution in [3.63, 3.8) is 0 Å². The number of likely N-dealkylation sites (N-methyl/N-ethyl adjacent to an activating group) is 1. The minimum absolute atomic E-state index is 0.511. The van der Waals surface area contributed by atoms with Crippen molar-refractivity contribution in [2.45, 2.75) is 12.3 Å². The van der Waals surface area contributed by atoms with Gasteiger partial charge in [0, 0.05) is 24.9 Å². The summed E-state index contributed by atoms with van der Waals surface area (Å²) in [5.41, 5.74) is 1.11. The van der Waals surface area contributed by atoms with E-state index in [0.717, 1.165) is 31.0 Å². The van der Waals surface area contributed by atoms with Crippen LogP contribution in [-0.2, 0) is 0 Å². The summed E-state index contributed by atoms with van der Waals surface area (Å²) in [5.74, 6) is 1.89. The van der Waals surface area contributed by atoms with E-state index in [1.165, 1.54) is 0 Å². The lowest BCUT2D eigenvalue weighted by molar-refractivity contribution is 0.410. The molecule has 3 rings (SSSR count). The van der Waals surface area contributed by atoms with Gasteiger partial charge in [0.05, 0.1) is 5.69 Å². The second-order valence-electron chi connectivity index (χ2n) is 4.89. The Morgan fingerprint density at radius 2 is 2.16 bits per heavy atom. The summed E-state index contributed by atoms with van der Waals surface area (Å²) < 4.78 is 0. The molecule has 0 spiro atoms. The summed E-state index contributed by atoms with van der Waals surface area (Å²) in [7, 11) is 2.15. The molecular formula is C14H17N5. The van der Waals surface area contributed by atoms with E-state index in [1.54, 1.807) is 6.20 Å². The maximum absolute atomic E-state index is 4.60. The Bertz CT molecular complexity index is 543. The summed E-state index contributed by atoms with van der Waals surface area (Å²) in [5, 5.41) is 3.13. The van der Waals surface area contributed by atoms with Crippen LogP contribution in [0, 0.1) is 0 Å². The second-order valence-corrected chi connectivity index (χ2v) is 4.89. The number of anilines is 2. The Kier molecular flexibility index (Phi) is 3.37. The third kappa shape index (κ3) is 2.88. The highest BCUT2D eigenvalue weighted by Gasteiger charge is 2.22. The zero-order chi connectivity index (χ0) is 13.1. The molecule has 1 fully saturated rings. The molecule has 1 atom stereocenters. The van der Waals surface area contributed by atoms with Gasteiger partial charge in [-0.1, -0.05) is 6.07 Å². The van der Waals surface area contributed by atoms with Gasteiger partial charge in [-0.25, -0.2) is 15.0 Å². The van der Waals surface area contributed by atoms with Gasteiger partial charge in [0.1, 0.15) is 5.82 Å². The van der Waals surface area contributed by atoms with Crippen molar-refractivity contribution in [1.82, 2.24) is 19.9 Å². The molecule has 0 aromatic carbocycles. The molecule has 98 valence electrons. The van der Waals surface area contributed by atoms with E-state index in [1.807, 2.05) is 30.5 Å². The molecule has 2 aromatic heterocycles. The third-order valence-corrected chi connectivity index (χ3v) is 3.39. The average molecular weight is 255 g/mol. The molecule has 0 saturated carbocycles. The molecule has 5 nitrogen and oxygen atoms in total. The van der Waals surface area contributed by atoms with Crippen molar-refractivity contribution in [2.75, 3.05) is 25.5 Å². The lowest BCUT2D eigenvalue weighted by Crippen LogP contribution is -2.14. The molecule has 0 amide bonds. The van der Waals surface area contributed by atoms with E-state index in [-0.39, 0.29) is 0 Å². The predicted molar refractivity (Wildman–Crippen MR) is 74.4 cm³/mol. The van der Waals surface area contributed by atoms with E-state index in [9.17, 15) is 0 Å². The van der Waals surface area contributed by atoms with E-state index in [2.05, 4.69) is 32.2 Å². The first kappa shape index (κ1) is 12.0. The Labute approximate surface area is 112 Å². The molecule has 0 unspecified atom stereocenters. The molecular weight excluding hydrogens is 238 g/mol. The number of nitrogens with zero attached hydrogens (tertiary/aromatic N) is 4. The molecule has 0 radical (unpaired) electrons. The molecule has 2 aromatic rings. The highest BCUT2D eigenvalue weighted by Crippen LogP contribution is 2.25. The zero-order valence-electron chi connectivity index (χ0n) is 11.0. The monoisotopic (exact) mass is 255 g/mol. The molecule has 1 saturated heterocycles. The first-order chi connectivity index (χ1) is 9.31. The fraction of sp³-hybridized carbons (Fsp3) is 0.357. The Morgan fingerprint density at radius 1 is 1.21 bits per heavy atom. The molecule has 1 N–H and O–H groups in total. The van der Waals surface area contributed by atoms with Crippen LogP contribution >= 0.6 is 0 Å². The highest BCUT2D eigenvalue weighted by atomic mass is 15.1. The number of rotatable bonds is 3. The van der Waals surface area contributed by atoms with Crippen molar-refractivity contribution in [2.24, 2.45) is 0 Å². The molecule has 1 aliphatic heterocycles. The van der Waals surface area contributed by atoms with E-state index in [0.29, 0.717) is 11.9 Å². The summed E-state index contributed by atoms with van der Waals surface area (Å²) in [6.07, 6.45) is 4.72. The van der Waals surface area contributed by atoms with E-state index in [4.69, 9.17) is 0 Å². The number of pyridine rings is 1. The van der Waals surface area contributed by atoms with Crippen molar-refractivity contribution >= 4 is 11.8 Å². The van der Waals surface area contributed by atoms with Gasteiger partial charge in [-0.3, -0.25) is 0 Å². The minimum Gasteiger partial charge on any atom is -0.309 e. The smallest absolute Gasteiger partial charge is 0.228 e. The SMILES string of the molecule is CN1CC[C@H](c2ccnc(Nc3ccccn3)n2)C1. The standard InChI is InChI=1S/C14H17N5/c1-19-9-6-11(10-19)12-5-8-16-14(17-12)18-13-4-2-3-7-15-13/h2-5,7-8,11H,6,9-10H2,1H3,(H,15,16,17,18)/t11-/m0/s1. The van der Waals surface area contributed by atoms with Gasteiger partial charge in [-0.05, 0) is 38.2 Å². The van der Waals surface area contributed by atoms with Crippen molar-refractivity contribution in [3.8, 4) is 0 Å². The number of hydrogen-bond donors (Lipinski definition) is 1. The van der Waals surface area contributed by atoms with Gasteiger partial charge in [-0.2, -0.15) is 0 Å². The molecule has 19 heavy (non-hydrogen) atoms. The van der Waals surface area contributed by atoms with E-state index < -0.39 is 0 Å². The van der Waals surface area contributed by atoms with Gasteiger partial charge in [-0.15, -0.1) is 0 Å². The normalized spacial score (nSPS) is 19.5. The average Bonchev–Trinajstić information content (AvgIpc) is 2.87. The molecule has 1 aliphatic rings. The van der Waals surface area contributed by atoms with Gasteiger partial charge < -0.3 is 10.2 Å². The van der Waals surface area contributed by atoms with Crippen molar-refractivity contribution < 1.29 is 0 Å². The van der Waals surface area contributed by atoms with Gasteiger partial charge in [0.2, 0.25) is 5.95 Å². The van der Waals surface area contributed by atoms with Crippen LogP contribution in [0.25, 0.3) is 0 Å². The van der Waals surface area contributed by atoms with Gasteiger partial charge in [0.25, 0.3) is 0 Å². The lowest BCUT2D eigenvalue weighted by Gasteiger charge is -2.11. The second kappa shape index (κ2) is 5.32. The number of hydrogen-bond acceptors (Lipinski definition) is 5. The fourth-order valence-corrected chi connectivity index (χ4v) is 2.39. The van der Waals surface area contributed by atoms with Crippen LogP contribution in [0.4, 0.5) is 11.8 Å². The van der Waals surface area contributed by atoms with Crippen LogP contribution < -0.4 is 5.32 Å². The minimum atomic E-state index is 0.511. The first-order valence-corrected chi connectivity index (χ1v) is 6.51. The molecule has 3 heterocycles. The number of likely N-dealkylation sites (tertiary alicyclic amines) is 1. The summed E-state index contributed by atoms with van der Waals surface area (Å²) >= 11 is 0. The Balaban J connectivity index is 1.76. The summed E-state index contributed by atoms with van der Waals surface area (Å²) in [6, 6.07) is 7.73. The summed E-state index contributed by atoms with van der Waals surface area (Å²) in [6.45, 7) is 2.21. The Morgan fingerprint density at radius 3 is 2.89 bits per heavy atom. The largest absolute Gasteiger partial charge is 0.309 e. The fourth-order valence-electron chi connectivity index (χ4n) is 2.39. The van der Waals surface area contributed by atoms with Crippen LogP contribution in [0.2, 0.25) is 0 Å². The quantitative estimate of drug-likeness (QED) is 0.909. The molecule has 5 heteroatoms. The number of aromatic nitrogens is 3. The topological polar surface area (TPSA) is 53.9 Å². The van der Waals surface area contributed by atoms with Crippen LogP contribution in [0.3, 0.4) is 0 Å². The first-order valence-electron chi connectivity index (χ1n) is 6.51. The van der Waals surface area contributed by atoms with Crippen LogP contribution in [0.1, 0.15) is 18.0 Å². The van der Waals surface area contributed by atoms with Crippen LogP contribution in [0.5, 0.6) is 0 Å². The third-order valence-electron chi connectivity index (χ3n) is 3.39. The highest BCUT2D eigenvalue weighted by molar-refractivity contribution is 5.46. The molecule has 0 aliphatic carbocycles. The number of nitrogens with one attached hydrogen (secondary N) is 1. The van der Waals surface area contributed by atoms with Crippen molar-refractivity contribution in [1.29, 1.82) is 0 Å². The maximum atomic E-state index is 4.60. The molecule has 0 bridgehead atoms. The van der Waals surface area contributed by atoms with Gasteiger partial charge >= 0.3 is 0 Å². The zero-order valence-corrected chi connectivity index (χ0v) is 11.0. The van der Waals surface area contributed by atoms with Crippen LogP contribution in [-0.4, -0.2) is 40.0 Å². The van der Waals surface area contributed by atoms with E-state index >= 15 is 0 Å². The predicted octanol–water partition coefficient (Wildman–Crippen LogP) is 2.03. The van der Waals surface area contributed by atoms with Gasteiger partial charge in [0.15, 0.2) is 0 Å². The lowest BCUT2D eigenvalue weighted by atomic mass is 10.1. The summed E-state index contributed by atoms with van der Waals surface area (Å²) in [4.78, 5) is 15.4. The Hall–Kier alpha value is -2.01. The van der Waals surface area contributed by atoms with Crippen LogP contribution in [0.15, 0.2) is 36.7 Å². The van der Waals surface area contributed by atoms with Crippen molar-refractivity contribution in [3.05, 3.63) is 42.4 Å². The maximum Gasteiger partial charge on any atom is 0.228 e.